The molecule has 0 unspecified atom stereocenters. The van der Waals surface area contributed by atoms with Gasteiger partial charge < -0.3 is 10.1 Å². The van der Waals surface area contributed by atoms with Crippen molar-refractivity contribution in [2.24, 2.45) is 7.05 Å². The van der Waals surface area contributed by atoms with Gasteiger partial charge in [0.25, 0.3) is 0 Å². The third kappa shape index (κ3) is 3.07. The van der Waals surface area contributed by atoms with Gasteiger partial charge in [-0.2, -0.15) is 5.10 Å². The molecular weight excluding hydrogens is 233 g/mol. The third-order valence-corrected chi connectivity index (χ3v) is 2.52. The van der Waals surface area contributed by atoms with E-state index in [1.807, 2.05) is 32.4 Å². The number of aryl methyl sites for hydroxylation is 1. The highest BCUT2D eigenvalue weighted by molar-refractivity contribution is 5.29. The fraction of sp³-hybridized carbons (Fsp3) is 0.308. The van der Waals surface area contributed by atoms with E-state index in [1.165, 1.54) is 6.07 Å². The molecule has 0 saturated heterocycles. The fourth-order valence-corrected chi connectivity index (χ4v) is 1.67. The SMILES string of the molecule is CNCc1ccc(OCc2ccn(C)n2)c(F)c1. The largest absolute Gasteiger partial charge is 0.484 e. The minimum Gasteiger partial charge on any atom is -0.484 e. The maximum atomic E-state index is 13.7. The molecule has 1 heterocycles. The second-order valence-electron chi connectivity index (χ2n) is 4.06. The van der Waals surface area contributed by atoms with Gasteiger partial charge in [0.2, 0.25) is 0 Å². The lowest BCUT2D eigenvalue weighted by atomic mass is 10.2. The number of benzene rings is 1. The quantitative estimate of drug-likeness (QED) is 0.879. The zero-order valence-corrected chi connectivity index (χ0v) is 10.5. The molecule has 96 valence electrons. The van der Waals surface area contributed by atoms with Crippen molar-refractivity contribution in [1.29, 1.82) is 0 Å². The first-order valence-corrected chi connectivity index (χ1v) is 5.73. The molecule has 1 aromatic heterocycles. The third-order valence-electron chi connectivity index (χ3n) is 2.52. The Balaban J connectivity index is 2.01. The number of hydrogen-bond acceptors (Lipinski definition) is 3. The van der Waals surface area contributed by atoms with Gasteiger partial charge in [0.15, 0.2) is 11.6 Å². The smallest absolute Gasteiger partial charge is 0.165 e. The van der Waals surface area contributed by atoms with Crippen LogP contribution in [0.25, 0.3) is 0 Å². The number of hydrogen-bond donors (Lipinski definition) is 1. The van der Waals surface area contributed by atoms with Gasteiger partial charge in [-0.25, -0.2) is 4.39 Å². The van der Waals surface area contributed by atoms with Gasteiger partial charge in [-0.05, 0) is 30.8 Å². The number of aromatic nitrogens is 2. The molecule has 0 spiro atoms. The Hall–Kier alpha value is -1.88. The van der Waals surface area contributed by atoms with Crippen LogP contribution in [0.1, 0.15) is 11.3 Å². The van der Waals surface area contributed by atoms with Crippen molar-refractivity contribution in [3.63, 3.8) is 0 Å². The molecule has 0 aliphatic rings. The van der Waals surface area contributed by atoms with Gasteiger partial charge in [-0.1, -0.05) is 6.07 Å². The van der Waals surface area contributed by atoms with Gasteiger partial charge in [-0.15, -0.1) is 0 Å². The van der Waals surface area contributed by atoms with Crippen molar-refractivity contribution >= 4 is 0 Å². The summed E-state index contributed by atoms with van der Waals surface area (Å²) in [6.07, 6.45) is 1.82. The zero-order chi connectivity index (χ0) is 13.0. The monoisotopic (exact) mass is 249 g/mol. The maximum absolute atomic E-state index is 13.7. The molecular formula is C13H16FN3O. The van der Waals surface area contributed by atoms with Crippen LogP contribution >= 0.6 is 0 Å². The molecule has 0 amide bonds. The summed E-state index contributed by atoms with van der Waals surface area (Å²) in [4.78, 5) is 0. The number of nitrogens with zero attached hydrogens (tertiary/aromatic N) is 2. The first kappa shape index (κ1) is 12.6. The van der Waals surface area contributed by atoms with Gasteiger partial charge in [-0.3, -0.25) is 4.68 Å². The maximum Gasteiger partial charge on any atom is 0.165 e. The van der Waals surface area contributed by atoms with E-state index in [0.29, 0.717) is 6.54 Å². The summed E-state index contributed by atoms with van der Waals surface area (Å²) < 4.78 is 20.8. The first-order chi connectivity index (χ1) is 8.69. The highest BCUT2D eigenvalue weighted by atomic mass is 19.1. The van der Waals surface area contributed by atoms with E-state index >= 15 is 0 Å². The molecule has 5 heteroatoms. The molecule has 1 N–H and O–H groups in total. The summed E-state index contributed by atoms with van der Waals surface area (Å²) in [7, 11) is 3.65. The molecule has 0 radical (unpaired) electrons. The van der Waals surface area contributed by atoms with Crippen LogP contribution in [-0.2, 0) is 20.2 Å². The summed E-state index contributed by atoms with van der Waals surface area (Å²) in [5, 5.41) is 7.13. The van der Waals surface area contributed by atoms with Crippen molar-refractivity contribution < 1.29 is 9.13 Å². The van der Waals surface area contributed by atoms with Crippen LogP contribution in [0.2, 0.25) is 0 Å². The Morgan fingerprint density at radius 1 is 1.39 bits per heavy atom. The number of ether oxygens (including phenoxy) is 1. The fourth-order valence-electron chi connectivity index (χ4n) is 1.67. The summed E-state index contributed by atoms with van der Waals surface area (Å²) in [6.45, 7) is 0.903. The van der Waals surface area contributed by atoms with Gasteiger partial charge in [0, 0.05) is 19.8 Å². The van der Waals surface area contributed by atoms with Crippen LogP contribution in [0, 0.1) is 5.82 Å². The molecule has 0 aliphatic carbocycles. The van der Waals surface area contributed by atoms with Crippen molar-refractivity contribution in [3.05, 3.63) is 47.5 Å². The summed E-state index contributed by atoms with van der Waals surface area (Å²) in [5.74, 6) is -0.0980. The van der Waals surface area contributed by atoms with E-state index in [1.54, 1.807) is 10.7 Å². The average molecular weight is 249 g/mol. The van der Waals surface area contributed by atoms with Crippen molar-refractivity contribution in [2.45, 2.75) is 13.2 Å². The lowest BCUT2D eigenvalue weighted by Gasteiger charge is -2.07. The van der Waals surface area contributed by atoms with Crippen molar-refractivity contribution in [2.75, 3.05) is 7.05 Å². The van der Waals surface area contributed by atoms with E-state index in [-0.39, 0.29) is 18.2 Å². The highest BCUT2D eigenvalue weighted by Crippen LogP contribution is 2.19. The Morgan fingerprint density at radius 2 is 2.22 bits per heavy atom. The second kappa shape index (κ2) is 5.64. The van der Waals surface area contributed by atoms with Crippen LogP contribution in [0.15, 0.2) is 30.5 Å². The minimum atomic E-state index is -0.348. The van der Waals surface area contributed by atoms with E-state index in [9.17, 15) is 4.39 Å². The Morgan fingerprint density at radius 3 is 2.83 bits per heavy atom. The zero-order valence-electron chi connectivity index (χ0n) is 10.5. The van der Waals surface area contributed by atoms with Crippen LogP contribution in [0.5, 0.6) is 5.75 Å². The predicted molar refractivity (Wildman–Crippen MR) is 66.7 cm³/mol. The average Bonchev–Trinajstić information content (AvgIpc) is 2.74. The lowest BCUT2D eigenvalue weighted by molar-refractivity contribution is 0.284. The molecule has 18 heavy (non-hydrogen) atoms. The van der Waals surface area contributed by atoms with E-state index in [4.69, 9.17) is 4.74 Å². The number of halogens is 1. The van der Waals surface area contributed by atoms with Gasteiger partial charge >= 0.3 is 0 Å². The van der Waals surface area contributed by atoms with Crippen molar-refractivity contribution in [3.8, 4) is 5.75 Å². The predicted octanol–water partition coefficient (Wildman–Crippen LogP) is 1.86. The lowest BCUT2D eigenvalue weighted by Crippen LogP contribution is -2.06. The Labute approximate surface area is 105 Å². The number of rotatable bonds is 5. The van der Waals surface area contributed by atoms with Gasteiger partial charge in [0.1, 0.15) is 6.61 Å². The normalized spacial score (nSPS) is 10.6. The topological polar surface area (TPSA) is 39.1 Å². The minimum absolute atomic E-state index is 0.250. The van der Waals surface area contributed by atoms with Gasteiger partial charge in [0.05, 0.1) is 5.69 Å². The standard InChI is InChI=1S/C13H16FN3O/c1-15-8-10-3-4-13(12(14)7-10)18-9-11-5-6-17(2)16-11/h3-7,15H,8-9H2,1-2H3. The summed E-state index contributed by atoms with van der Waals surface area (Å²) in [6, 6.07) is 6.80. The molecule has 0 atom stereocenters. The van der Waals surface area contributed by atoms with Crippen LogP contribution in [0.4, 0.5) is 4.39 Å². The van der Waals surface area contributed by atoms with E-state index in [0.717, 1.165) is 11.3 Å². The molecule has 2 aromatic rings. The van der Waals surface area contributed by atoms with Crippen LogP contribution in [-0.4, -0.2) is 16.8 Å². The highest BCUT2D eigenvalue weighted by Gasteiger charge is 2.06. The molecule has 0 aliphatic heterocycles. The summed E-state index contributed by atoms with van der Waals surface area (Å²) >= 11 is 0. The van der Waals surface area contributed by atoms with Crippen LogP contribution in [0.3, 0.4) is 0 Å². The molecule has 0 bridgehead atoms. The van der Waals surface area contributed by atoms with E-state index in [2.05, 4.69) is 10.4 Å². The van der Waals surface area contributed by atoms with Crippen molar-refractivity contribution in [1.82, 2.24) is 15.1 Å². The number of nitrogens with one attached hydrogen (secondary N) is 1. The van der Waals surface area contributed by atoms with E-state index < -0.39 is 0 Å². The molecule has 2 rings (SSSR count). The van der Waals surface area contributed by atoms with Crippen LogP contribution < -0.4 is 10.1 Å². The molecule has 0 saturated carbocycles. The molecule has 0 fully saturated rings. The molecule has 4 nitrogen and oxygen atoms in total. The first-order valence-electron chi connectivity index (χ1n) is 5.73. The second-order valence-corrected chi connectivity index (χ2v) is 4.06. The Kier molecular flexibility index (Phi) is 3.94. The molecule has 1 aromatic carbocycles. The summed E-state index contributed by atoms with van der Waals surface area (Å²) in [5.41, 5.74) is 1.66. The Bertz CT molecular complexity index is 525.